The quantitative estimate of drug-likeness (QED) is 0.729. The summed E-state index contributed by atoms with van der Waals surface area (Å²) in [5.74, 6) is 2.08. The van der Waals surface area contributed by atoms with Crippen molar-refractivity contribution < 1.29 is 0 Å². The van der Waals surface area contributed by atoms with Crippen LogP contribution in [-0.2, 0) is 0 Å². The molecule has 6 nitrogen and oxygen atoms in total. The van der Waals surface area contributed by atoms with Gasteiger partial charge in [0.1, 0.15) is 0 Å². The molecule has 1 aromatic rings. The minimum absolute atomic E-state index is 0.473. The van der Waals surface area contributed by atoms with Gasteiger partial charge in [0, 0.05) is 26.2 Å². The first-order valence-electron chi connectivity index (χ1n) is 8.15. The van der Waals surface area contributed by atoms with Gasteiger partial charge in [-0.3, -0.25) is 0 Å². The molecule has 0 amide bonds. The van der Waals surface area contributed by atoms with Crippen LogP contribution < -0.4 is 15.5 Å². The van der Waals surface area contributed by atoms with Crippen LogP contribution >= 0.6 is 0 Å². The van der Waals surface area contributed by atoms with Crippen LogP contribution in [-0.4, -0.2) is 41.1 Å². The van der Waals surface area contributed by atoms with Crippen molar-refractivity contribution in [3.63, 3.8) is 0 Å². The van der Waals surface area contributed by atoms with E-state index in [1.54, 1.807) is 0 Å². The summed E-state index contributed by atoms with van der Waals surface area (Å²) in [4.78, 5) is 15.7. The molecule has 0 aliphatic heterocycles. The van der Waals surface area contributed by atoms with Gasteiger partial charge in [-0.05, 0) is 45.4 Å². The largest absolute Gasteiger partial charge is 0.354 e. The summed E-state index contributed by atoms with van der Waals surface area (Å²) in [5.41, 5.74) is 0.473. The molecule has 2 rings (SSSR count). The number of nitrogens with one attached hydrogen (secondary N) is 2. The van der Waals surface area contributed by atoms with Crippen molar-refractivity contribution in [1.82, 2.24) is 15.0 Å². The van der Waals surface area contributed by atoms with E-state index in [1.807, 2.05) is 6.92 Å². The summed E-state index contributed by atoms with van der Waals surface area (Å²) < 4.78 is 0. The maximum absolute atomic E-state index is 4.58. The molecule has 2 N–H and O–H groups in total. The van der Waals surface area contributed by atoms with E-state index in [1.165, 1.54) is 19.3 Å². The van der Waals surface area contributed by atoms with Crippen LogP contribution in [0.2, 0.25) is 0 Å². The zero-order valence-electron chi connectivity index (χ0n) is 13.7. The van der Waals surface area contributed by atoms with E-state index in [2.05, 4.69) is 51.3 Å². The van der Waals surface area contributed by atoms with Crippen LogP contribution in [0.25, 0.3) is 0 Å². The molecule has 0 aromatic carbocycles. The summed E-state index contributed by atoms with van der Waals surface area (Å²) >= 11 is 0. The number of nitrogens with zero attached hydrogens (tertiary/aromatic N) is 4. The zero-order chi connectivity index (χ0) is 15.3. The van der Waals surface area contributed by atoms with Crippen molar-refractivity contribution in [2.24, 2.45) is 5.41 Å². The molecule has 1 aliphatic carbocycles. The lowest BCUT2D eigenvalue weighted by atomic mass is 10.0. The van der Waals surface area contributed by atoms with Gasteiger partial charge in [0.15, 0.2) is 0 Å². The molecule has 0 radical (unpaired) electrons. The maximum Gasteiger partial charge on any atom is 0.231 e. The van der Waals surface area contributed by atoms with Crippen LogP contribution in [0.3, 0.4) is 0 Å². The molecule has 1 fully saturated rings. The van der Waals surface area contributed by atoms with Crippen LogP contribution in [0.15, 0.2) is 0 Å². The Labute approximate surface area is 127 Å². The molecule has 1 aliphatic rings. The third kappa shape index (κ3) is 3.95. The average molecular weight is 292 g/mol. The number of hydrogen-bond donors (Lipinski definition) is 2. The predicted molar refractivity (Wildman–Crippen MR) is 88.0 cm³/mol. The second-order valence-corrected chi connectivity index (χ2v) is 5.69. The number of rotatable bonds is 9. The third-order valence-electron chi connectivity index (χ3n) is 4.33. The molecule has 6 heteroatoms. The van der Waals surface area contributed by atoms with Gasteiger partial charge >= 0.3 is 0 Å². The van der Waals surface area contributed by atoms with E-state index in [0.717, 1.165) is 32.1 Å². The Morgan fingerprint density at radius 1 is 0.952 bits per heavy atom. The second kappa shape index (κ2) is 6.91. The lowest BCUT2D eigenvalue weighted by Gasteiger charge is -2.20. The van der Waals surface area contributed by atoms with Crippen LogP contribution in [0.4, 0.5) is 17.8 Å². The molecular formula is C15H28N6. The highest BCUT2D eigenvalue weighted by atomic mass is 15.3. The van der Waals surface area contributed by atoms with Crippen molar-refractivity contribution in [1.29, 1.82) is 0 Å². The molecule has 1 saturated carbocycles. The van der Waals surface area contributed by atoms with Gasteiger partial charge in [-0.1, -0.05) is 6.92 Å². The minimum Gasteiger partial charge on any atom is -0.354 e. The Balaban J connectivity index is 2.14. The normalized spacial score (nSPS) is 15.6. The highest BCUT2D eigenvalue weighted by Gasteiger charge is 2.40. The van der Waals surface area contributed by atoms with Crippen LogP contribution in [0.5, 0.6) is 0 Å². The first-order chi connectivity index (χ1) is 10.2. The highest BCUT2D eigenvalue weighted by Crippen LogP contribution is 2.48. The molecule has 118 valence electrons. The molecule has 0 saturated heterocycles. The Morgan fingerprint density at radius 3 is 2.05 bits per heavy atom. The molecule has 0 bridgehead atoms. The Hall–Kier alpha value is -1.59. The van der Waals surface area contributed by atoms with Crippen molar-refractivity contribution in [3.05, 3.63) is 0 Å². The van der Waals surface area contributed by atoms with Gasteiger partial charge in [-0.15, -0.1) is 0 Å². The standard InChI is InChI=1S/C15H28N6/c1-5-15(9-10-15)11-17-13-18-12(16-6-2)19-14(20-13)21(7-3)8-4/h5-11H2,1-4H3,(H2,16,17,18,19,20). The van der Waals surface area contributed by atoms with Crippen LogP contribution in [0, 0.1) is 5.41 Å². The number of aromatic nitrogens is 3. The third-order valence-corrected chi connectivity index (χ3v) is 4.33. The average Bonchev–Trinajstić information content (AvgIpc) is 3.27. The number of hydrogen-bond acceptors (Lipinski definition) is 6. The lowest BCUT2D eigenvalue weighted by molar-refractivity contribution is 0.519. The first kappa shape index (κ1) is 15.8. The molecular weight excluding hydrogens is 264 g/mol. The van der Waals surface area contributed by atoms with Gasteiger partial charge in [0.2, 0.25) is 17.8 Å². The Morgan fingerprint density at radius 2 is 1.57 bits per heavy atom. The summed E-state index contributed by atoms with van der Waals surface area (Å²) in [5, 5.41) is 6.60. The van der Waals surface area contributed by atoms with E-state index in [0.29, 0.717) is 17.3 Å². The fourth-order valence-electron chi connectivity index (χ4n) is 2.43. The molecule has 0 spiro atoms. The first-order valence-corrected chi connectivity index (χ1v) is 8.15. The molecule has 0 atom stereocenters. The summed E-state index contributed by atoms with van der Waals surface area (Å²) in [6.45, 7) is 12.1. The highest BCUT2D eigenvalue weighted by molar-refractivity contribution is 5.43. The monoisotopic (exact) mass is 292 g/mol. The Kier molecular flexibility index (Phi) is 5.20. The molecule has 0 unspecified atom stereocenters. The van der Waals surface area contributed by atoms with E-state index in [4.69, 9.17) is 0 Å². The maximum atomic E-state index is 4.58. The van der Waals surface area contributed by atoms with Gasteiger partial charge in [0.25, 0.3) is 0 Å². The predicted octanol–water partition coefficient (Wildman–Crippen LogP) is 2.75. The topological polar surface area (TPSA) is 66.0 Å². The molecule has 21 heavy (non-hydrogen) atoms. The van der Waals surface area contributed by atoms with Gasteiger partial charge in [-0.25, -0.2) is 0 Å². The summed E-state index contributed by atoms with van der Waals surface area (Å²) in [6.07, 6.45) is 3.84. The minimum atomic E-state index is 0.473. The van der Waals surface area contributed by atoms with Crippen LogP contribution in [0.1, 0.15) is 47.0 Å². The number of anilines is 3. The van der Waals surface area contributed by atoms with Crippen molar-refractivity contribution in [2.75, 3.05) is 41.7 Å². The van der Waals surface area contributed by atoms with E-state index in [-0.39, 0.29) is 0 Å². The van der Waals surface area contributed by atoms with Gasteiger partial charge in [0.05, 0.1) is 0 Å². The fourth-order valence-corrected chi connectivity index (χ4v) is 2.43. The van der Waals surface area contributed by atoms with Crippen molar-refractivity contribution in [3.8, 4) is 0 Å². The van der Waals surface area contributed by atoms with Crippen molar-refractivity contribution in [2.45, 2.75) is 47.0 Å². The summed E-state index contributed by atoms with van der Waals surface area (Å²) in [7, 11) is 0. The molecule has 1 heterocycles. The van der Waals surface area contributed by atoms with E-state index < -0.39 is 0 Å². The van der Waals surface area contributed by atoms with E-state index in [9.17, 15) is 0 Å². The van der Waals surface area contributed by atoms with Gasteiger partial charge < -0.3 is 15.5 Å². The van der Waals surface area contributed by atoms with Crippen molar-refractivity contribution >= 4 is 17.8 Å². The van der Waals surface area contributed by atoms with Gasteiger partial charge in [-0.2, -0.15) is 15.0 Å². The zero-order valence-corrected chi connectivity index (χ0v) is 13.7. The summed E-state index contributed by atoms with van der Waals surface area (Å²) in [6, 6.07) is 0. The lowest BCUT2D eigenvalue weighted by Crippen LogP contribution is -2.26. The second-order valence-electron chi connectivity index (χ2n) is 5.69. The SMILES string of the molecule is CCNc1nc(NCC2(CC)CC2)nc(N(CC)CC)n1. The smallest absolute Gasteiger partial charge is 0.231 e. The van der Waals surface area contributed by atoms with E-state index >= 15 is 0 Å². The molecule has 1 aromatic heterocycles. The Bertz CT molecular complexity index is 453. The fraction of sp³-hybridized carbons (Fsp3) is 0.800.